The van der Waals surface area contributed by atoms with Crippen molar-refractivity contribution in [2.45, 2.75) is 44.2 Å². The number of esters is 1. The molecule has 1 atom stereocenters. The Labute approximate surface area is 108 Å². The Hall–Kier alpha value is -0.650. The van der Waals surface area contributed by atoms with Crippen LogP contribution in [-0.4, -0.2) is 44.0 Å². The van der Waals surface area contributed by atoms with Crippen LogP contribution >= 0.6 is 0 Å². The molecule has 1 aliphatic heterocycles. The third-order valence-electron chi connectivity index (χ3n) is 3.69. The molecule has 0 aromatic carbocycles. The molecule has 0 amide bonds. The highest BCUT2D eigenvalue weighted by molar-refractivity contribution is 5.81. The largest absolute Gasteiger partial charge is 0.465 e. The first-order valence-corrected chi connectivity index (χ1v) is 6.82. The molecule has 2 rings (SSSR count). The van der Waals surface area contributed by atoms with Gasteiger partial charge in [-0.25, -0.2) is 4.79 Å². The molecule has 18 heavy (non-hydrogen) atoms. The predicted octanol–water partition coefficient (Wildman–Crippen LogP) is 0.853. The molecule has 0 aromatic rings. The minimum atomic E-state index is -0.950. The van der Waals surface area contributed by atoms with Gasteiger partial charge in [0.2, 0.25) is 0 Å². The van der Waals surface area contributed by atoms with Gasteiger partial charge in [0.15, 0.2) is 0 Å². The Morgan fingerprint density at radius 1 is 1.33 bits per heavy atom. The fraction of sp³-hybridized carbons (Fsp3) is 0.923. The molecule has 0 radical (unpaired) electrons. The van der Waals surface area contributed by atoms with Crippen molar-refractivity contribution in [3.05, 3.63) is 0 Å². The second-order valence-electron chi connectivity index (χ2n) is 5.16. The van der Waals surface area contributed by atoms with Crippen LogP contribution < -0.4 is 5.73 Å². The topological polar surface area (TPSA) is 70.8 Å². The van der Waals surface area contributed by atoms with E-state index in [9.17, 15) is 4.79 Å². The van der Waals surface area contributed by atoms with E-state index >= 15 is 0 Å². The van der Waals surface area contributed by atoms with Crippen molar-refractivity contribution in [3.8, 4) is 0 Å². The lowest BCUT2D eigenvalue weighted by Crippen LogP contribution is -2.55. The zero-order valence-electron chi connectivity index (χ0n) is 11.0. The molecule has 1 saturated heterocycles. The van der Waals surface area contributed by atoms with E-state index in [0.29, 0.717) is 6.61 Å². The molecule has 5 nitrogen and oxygen atoms in total. The second kappa shape index (κ2) is 5.99. The lowest BCUT2D eigenvalue weighted by Gasteiger charge is -2.30. The number of nitrogens with two attached hydrogens (primary N) is 1. The molecule has 0 spiro atoms. The maximum atomic E-state index is 12.0. The first-order valence-electron chi connectivity index (χ1n) is 6.82. The summed E-state index contributed by atoms with van der Waals surface area (Å²) in [4.78, 5) is 12.0. The van der Waals surface area contributed by atoms with Crippen LogP contribution in [0, 0.1) is 5.92 Å². The number of hydrogen-bond acceptors (Lipinski definition) is 5. The van der Waals surface area contributed by atoms with E-state index in [1.807, 2.05) is 0 Å². The van der Waals surface area contributed by atoms with Crippen molar-refractivity contribution in [2.75, 3.05) is 26.4 Å². The first kappa shape index (κ1) is 13.8. The van der Waals surface area contributed by atoms with Gasteiger partial charge in [-0.1, -0.05) is 0 Å². The van der Waals surface area contributed by atoms with E-state index < -0.39 is 5.54 Å². The smallest absolute Gasteiger partial charge is 0.328 e. The summed E-state index contributed by atoms with van der Waals surface area (Å²) in [5, 5.41) is 0. The van der Waals surface area contributed by atoms with Gasteiger partial charge in [0, 0.05) is 13.2 Å². The molecule has 5 heteroatoms. The number of rotatable bonds is 6. The molecule has 104 valence electrons. The third-order valence-corrected chi connectivity index (χ3v) is 3.69. The van der Waals surface area contributed by atoms with Gasteiger partial charge in [-0.3, -0.25) is 0 Å². The zero-order chi connectivity index (χ0) is 13.0. The molecule has 1 unspecified atom stereocenters. The van der Waals surface area contributed by atoms with Crippen molar-refractivity contribution in [3.63, 3.8) is 0 Å². The molecule has 2 N–H and O–H groups in total. The van der Waals surface area contributed by atoms with Gasteiger partial charge in [0.05, 0.1) is 19.3 Å². The zero-order valence-corrected chi connectivity index (χ0v) is 11.0. The standard InChI is InChI=1S/C13H23NO4/c1-2-17-12(15)13(14,10-3-4-10)9-18-11-5-7-16-8-6-11/h10-11H,2-9,14H2,1H3. The van der Waals surface area contributed by atoms with Crippen LogP contribution in [0.3, 0.4) is 0 Å². The molecule has 2 aliphatic rings. The average Bonchev–Trinajstić information content (AvgIpc) is 3.22. The Morgan fingerprint density at radius 3 is 2.56 bits per heavy atom. The lowest BCUT2D eigenvalue weighted by atomic mass is 9.95. The second-order valence-corrected chi connectivity index (χ2v) is 5.16. The van der Waals surface area contributed by atoms with Crippen molar-refractivity contribution in [1.82, 2.24) is 0 Å². The monoisotopic (exact) mass is 257 g/mol. The summed E-state index contributed by atoms with van der Waals surface area (Å²) in [5.41, 5.74) is 5.27. The minimum absolute atomic E-state index is 0.162. The number of carbonyl (C=O) groups is 1. The van der Waals surface area contributed by atoms with Gasteiger partial charge in [0.25, 0.3) is 0 Å². The maximum absolute atomic E-state index is 12.0. The normalized spacial score (nSPS) is 24.6. The number of hydrogen-bond donors (Lipinski definition) is 1. The summed E-state index contributed by atoms with van der Waals surface area (Å²) >= 11 is 0. The van der Waals surface area contributed by atoms with Gasteiger partial charge in [-0.2, -0.15) is 0 Å². The van der Waals surface area contributed by atoms with Crippen molar-refractivity contribution >= 4 is 5.97 Å². The molecule has 0 aromatic heterocycles. The van der Waals surface area contributed by atoms with Crippen molar-refractivity contribution < 1.29 is 19.0 Å². The van der Waals surface area contributed by atoms with Gasteiger partial charge < -0.3 is 19.9 Å². The number of ether oxygens (including phenoxy) is 3. The SMILES string of the molecule is CCOC(=O)C(N)(COC1CCOCC1)C1CC1. The van der Waals surface area contributed by atoms with Gasteiger partial charge in [-0.15, -0.1) is 0 Å². The van der Waals surface area contributed by atoms with Crippen LogP contribution in [-0.2, 0) is 19.0 Å². The highest BCUT2D eigenvalue weighted by atomic mass is 16.5. The molecule has 1 aliphatic carbocycles. The average molecular weight is 257 g/mol. The fourth-order valence-corrected chi connectivity index (χ4v) is 2.31. The van der Waals surface area contributed by atoms with Crippen LogP contribution in [0.2, 0.25) is 0 Å². The van der Waals surface area contributed by atoms with Crippen LogP contribution in [0.25, 0.3) is 0 Å². The molecule has 1 heterocycles. The van der Waals surface area contributed by atoms with Gasteiger partial charge in [0.1, 0.15) is 5.54 Å². The van der Waals surface area contributed by atoms with Gasteiger partial charge >= 0.3 is 5.97 Å². The molecule has 2 fully saturated rings. The summed E-state index contributed by atoms with van der Waals surface area (Å²) in [6.07, 6.45) is 3.90. The van der Waals surface area contributed by atoms with Crippen LogP contribution in [0.4, 0.5) is 0 Å². The molecular formula is C13H23NO4. The van der Waals surface area contributed by atoms with Crippen molar-refractivity contribution in [2.24, 2.45) is 11.7 Å². The van der Waals surface area contributed by atoms with E-state index in [4.69, 9.17) is 19.9 Å². The Kier molecular flexibility index (Phi) is 4.59. The van der Waals surface area contributed by atoms with E-state index in [1.54, 1.807) is 6.92 Å². The van der Waals surface area contributed by atoms with E-state index in [0.717, 1.165) is 38.9 Å². The summed E-state index contributed by atoms with van der Waals surface area (Å²) < 4.78 is 16.2. The van der Waals surface area contributed by atoms with E-state index in [2.05, 4.69) is 0 Å². The Balaban J connectivity index is 1.87. The molecule has 1 saturated carbocycles. The third kappa shape index (κ3) is 3.22. The minimum Gasteiger partial charge on any atom is -0.465 e. The fourth-order valence-electron chi connectivity index (χ4n) is 2.31. The molecular weight excluding hydrogens is 234 g/mol. The van der Waals surface area contributed by atoms with Gasteiger partial charge in [-0.05, 0) is 38.5 Å². The highest BCUT2D eigenvalue weighted by Gasteiger charge is 2.49. The number of carbonyl (C=O) groups excluding carboxylic acids is 1. The summed E-state index contributed by atoms with van der Waals surface area (Å²) in [5.74, 6) is -0.101. The van der Waals surface area contributed by atoms with Crippen LogP contribution in [0.5, 0.6) is 0 Å². The maximum Gasteiger partial charge on any atom is 0.328 e. The van der Waals surface area contributed by atoms with E-state index in [1.165, 1.54) is 0 Å². The first-order chi connectivity index (χ1) is 8.66. The van der Waals surface area contributed by atoms with Crippen LogP contribution in [0.15, 0.2) is 0 Å². The Morgan fingerprint density at radius 2 is 2.00 bits per heavy atom. The summed E-state index contributed by atoms with van der Waals surface area (Å²) in [6.45, 7) is 3.88. The summed E-state index contributed by atoms with van der Waals surface area (Å²) in [6, 6.07) is 0. The predicted molar refractivity (Wildman–Crippen MR) is 66.1 cm³/mol. The van der Waals surface area contributed by atoms with Crippen LogP contribution in [0.1, 0.15) is 32.6 Å². The highest BCUT2D eigenvalue weighted by Crippen LogP contribution is 2.39. The Bertz CT molecular complexity index is 287. The lowest BCUT2D eigenvalue weighted by molar-refractivity contribution is -0.155. The van der Waals surface area contributed by atoms with Crippen molar-refractivity contribution in [1.29, 1.82) is 0 Å². The summed E-state index contributed by atoms with van der Waals surface area (Å²) in [7, 11) is 0. The molecule has 0 bridgehead atoms. The quantitative estimate of drug-likeness (QED) is 0.714. The van der Waals surface area contributed by atoms with E-state index in [-0.39, 0.29) is 24.6 Å².